The first-order valence-corrected chi connectivity index (χ1v) is 11.2. The van der Waals surface area contributed by atoms with Gasteiger partial charge in [-0.1, -0.05) is 31.5 Å². The maximum atomic E-state index is 12.8. The van der Waals surface area contributed by atoms with E-state index in [4.69, 9.17) is 18.9 Å². The summed E-state index contributed by atoms with van der Waals surface area (Å²) < 4.78 is 22.1. The molecule has 2 aromatic rings. The smallest absolute Gasteiger partial charge is 0.293 e. The Morgan fingerprint density at radius 1 is 0.906 bits per heavy atom. The maximum absolute atomic E-state index is 12.8. The van der Waals surface area contributed by atoms with Crippen molar-refractivity contribution in [3.05, 3.63) is 52.9 Å². The highest BCUT2D eigenvalue weighted by atomic mass is 32.2. The Morgan fingerprint density at radius 3 is 2.31 bits per heavy atom. The lowest BCUT2D eigenvalue weighted by Crippen LogP contribution is -2.32. The van der Waals surface area contributed by atoms with Crippen LogP contribution in [0.2, 0.25) is 0 Å². The molecule has 0 unspecified atom stereocenters. The van der Waals surface area contributed by atoms with E-state index in [1.165, 1.54) is 4.90 Å². The Morgan fingerprint density at radius 2 is 1.59 bits per heavy atom. The molecular formula is C24H27NO6S. The lowest BCUT2D eigenvalue weighted by molar-refractivity contribution is -0.123. The summed E-state index contributed by atoms with van der Waals surface area (Å²) in [5, 5.41) is -0.323. The third kappa shape index (κ3) is 5.76. The van der Waals surface area contributed by atoms with Crippen LogP contribution in [0.15, 0.2) is 47.4 Å². The standard InChI is InChI=1S/C24H27NO6S/c1-4-5-13-30-20-11-10-17(15-21(20)29-3)16-22-23(26)25(24(27)32-22)12-14-31-19-9-7-6-8-18(19)28-2/h6-11,15-16H,4-5,12-14H2,1-3H3/b22-16-. The molecule has 0 bridgehead atoms. The number of amides is 2. The van der Waals surface area contributed by atoms with Crippen LogP contribution < -0.4 is 18.9 Å². The molecule has 8 heteroatoms. The molecule has 3 rings (SSSR count). The molecule has 0 N–H and O–H groups in total. The first kappa shape index (κ1) is 23.5. The topological polar surface area (TPSA) is 74.3 Å². The predicted octanol–water partition coefficient (Wildman–Crippen LogP) is 5.00. The van der Waals surface area contributed by atoms with Crippen molar-refractivity contribution in [1.29, 1.82) is 0 Å². The van der Waals surface area contributed by atoms with Gasteiger partial charge in [0.05, 0.1) is 32.3 Å². The molecule has 0 atom stereocenters. The summed E-state index contributed by atoms with van der Waals surface area (Å²) in [4.78, 5) is 26.7. The summed E-state index contributed by atoms with van der Waals surface area (Å²) in [6, 6.07) is 12.7. The number of hydrogen-bond donors (Lipinski definition) is 0. The number of nitrogens with zero attached hydrogens (tertiary/aromatic N) is 1. The number of thioether (sulfide) groups is 1. The Kier molecular flexibility index (Phi) is 8.44. The second-order valence-electron chi connectivity index (χ2n) is 6.94. The second kappa shape index (κ2) is 11.5. The second-order valence-corrected chi connectivity index (χ2v) is 7.94. The number of carbonyl (C=O) groups is 2. The number of imide groups is 1. The highest BCUT2D eigenvalue weighted by Crippen LogP contribution is 2.34. The van der Waals surface area contributed by atoms with Crippen LogP contribution in [0, 0.1) is 0 Å². The lowest BCUT2D eigenvalue weighted by Gasteiger charge is -2.14. The molecule has 7 nitrogen and oxygen atoms in total. The highest BCUT2D eigenvalue weighted by molar-refractivity contribution is 8.18. The minimum Gasteiger partial charge on any atom is -0.493 e. The van der Waals surface area contributed by atoms with Crippen LogP contribution in [0.3, 0.4) is 0 Å². The minimum atomic E-state index is -0.342. The van der Waals surface area contributed by atoms with Crippen LogP contribution >= 0.6 is 11.8 Å². The van der Waals surface area contributed by atoms with E-state index in [0.29, 0.717) is 34.5 Å². The predicted molar refractivity (Wildman–Crippen MR) is 125 cm³/mol. The van der Waals surface area contributed by atoms with Crippen LogP contribution in [-0.4, -0.2) is 50.0 Å². The summed E-state index contributed by atoms with van der Waals surface area (Å²) in [5.41, 5.74) is 0.750. The average Bonchev–Trinajstić information content (AvgIpc) is 3.07. The monoisotopic (exact) mass is 457 g/mol. The summed E-state index contributed by atoms with van der Waals surface area (Å²) in [7, 11) is 3.13. The van der Waals surface area contributed by atoms with Gasteiger partial charge >= 0.3 is 0 Å². The van der Waals surface area contributed by atoms with Crippen LogP contribution in [0.4, 0.5) is 4.79 Å². The number of ether oxygens (including phenoxy) is 4. The molecular weight excluding hydrogens is 430 g/mol. The van der Waals surface area contributed by atoms with E-state index in [0.717, 1.165) is 30.2 Å². The van der Waals surface area contributed by atoms with Crippen molar-refractivity contribution >= 4 is 29.0 Å². The van der Waals surface area contributed by atoms with Gasteiger partial charge in [-0.3, -0.25) is 14.5 Å². The molecule has 2 amide bonds. The van der Waals surface area contributed by atoms with Crippen LogP contribution in [0.1, 0.15) is 25.3 Å². The average molecular weight is 458 g/mol. The van der Waals surface area contributed by atoms with Crippen molar-refractivity contribution in [1.82, 2.24) is 4.90 Å². The molecule has 1 heterocycles. The van der Waals surface area contributed by atoms with Gasteiger partial charge < -0.3 is 18.9 Å². The quantitative estimate of drug-likeness (QED) is 0.347. The molecule has 2 aromatic carbocycles. The van der Waals surface area contributed by atoms with Crippen molar-refractivity contribution in [2.75, 3.05) is 34.0 Å². The number of carbonyl (C=O) groups excluding carboxylic acids is 2. The molecule has 0 aromatic heterocycles. The van der Waals surface area contributed by atoms with Crippen molar-refractivity contribution in [2.24, 2.45) is 0 Å². The van der Waals surface area contributed by atoms with Gasteiger partial charge in [-0.25, -0.2) is 0 Å². The molecule has 0 aliphatic carbocycles. The Bertz CT molecular complexity index is 990. The van der Waals surface area contributed by atoms with E-state index in [9.17, 15) is 9.59 Å². The molecule has 1 aliphatic rings. The SMILES string of the molecule is CCCCOc1ccc(/C=C2\SC(=O)N(CCOc3ccccc3OC)C2=O)cc1OC. The number of para-hydroxylation sites is 2. The highest BCUT2D eigenvalue weighted by Gasteiger charge is 2.34. The van der Waals surface area contributed by atoms with Crippen molar-refractivity contribution in [2.45, 2.75) is 19.8 Å². The Balaban J connectivity index is 1.64. The fourth-order valence-corrected chi connectivity index (χ4v) is 3.91. The third-order valence-electron chi connectivity index (χ3n) is 4.76. The zero-order chi connectivity index (χ0) is 22.9. The van der Waals surface area contributed by atoms with Crippen LogP contribution in [0.5, 0.6) is 23.0 Å². The molecule has 0 spiro atoms. The van der Waals surface area contributed by atoms with E-state index in [-0.39, 0.29) is 24.3 Å². The minimum absolute atomic E-state index is 0.146. The van der Waals surface area contributed by atoms with Gasteiger partial charge in [0.25, 0.3) is 11.1 Å². The molecule has 1 fully saturated rings. The first-order valence-electron chi connectivity index (χ1n) is 10.4. The fourth-order valence-electron chi connectivity index (χ4n) is 3.05. The van der Waals surface area contributed by atoms with Gasteiger partial charge in [0.15, 0.2) is 23.0 Å². The molecule has 32 heavy (non-hydrogen) atoms. The van der Waals surface area contributed by atoms with E-state index < -0.39 is 0 Å². The third-order valence-corrected chi connectivity index (χ3v) is 5.66. The number of methoxy groups -OCH3 is 2. The molecule has 0 saturated carbocycles. The van der Waals surface area contributed by atoms with Gasteiger partial charge in [-0.15, -0.1) is 0 Å². The van der Waals surface area contributed by atoms with Crippen LogP contribution in [0.25, 0.3) is 6.08 Å². The van der Waals surface area contributed by atoms with E-state index >= 15 is 0 Å². The van der Waals surface area contributed by atoms with Crippen molar-refractivity contribution in [3.8, 4) is 23.0 Å². The molecule has 1 aliphatic heterocycles. The van der Waals surface area contributed by atoms with E-state index in [1.807, 2.05) is 24.3 Å². The van der Waals surface area contributed by atoms with E-state index in [1.54, 1.807) is 38.5 Å². The van der Waals surface area contributed by atoms with Crippen molar-refractivity contribution < 1.29 is 28.5 Å². The first-order chi connectivity index (χ1) is 15.6. The van der Waals surface area contributed by atoms with Gasteiger partial charge in [0, 0.05) is 0 Å². The Hall–Kier alpha value is -3.13. The van der Waals surface area contributed by atoms with Crippen LogP contribution in [-0.2, 0) is 4.79 Å². The van der Waals surface area contributed by atoms with Crippen molar-refractivity contribution in [3.63, 3.8) is 0 Å². The summed E-state index contributed by atoms with van der Waals surface area (Å²) in [6.45, 7) is 3.03. The van der Waals surface area contributed by atoms with Gasteiger partial charge in [-0.05, 0) is 54.1 Å². The zero-order valence-electron chi connectivity index (χ0n) is 18.5. The molecule has 0 radical (unpaired) electrons. The zero-order valence-corrected chi connectivity index (χ0v) is 19.3. The van der Waals surface area contributed by atoms with Gasteiger partial charge in [-0.2, -0.15) is 0 Å². The summed E-state index contributed by atoms with van der Waals surface area (Å²) >= 11 is 0.911. The molecule has 1 saturated heterocycles. The summed E-state index contributed by atoms with van der Waals surface area (Å²) in [5.74, 6) is 2.05. The summed E-state index contributed by atoms with van der Waals surface area (Å²) in [6.07, 6.45) is 3.68. The number of benzene rings is 2. The number of rotatable bonds is 11. The fraction of sp³-hybridized carbons (Fsp3) is 0.333. The Labute approximate surface area is 192 Å². The lowest BCUT2D eigenvalue weighted by atomic mass is 10.2. The number of hydrogen-bond acceptors (Lipinski definition) is 7. The van der Waals surface area contributed by atoms with Gasteiger partial charge in [0.2, 0.25) is 0 Å². The largest absolute Gasteiger partial charge is 0.493 e. The van der Waals surface area contributed by atoms with Gasteiger partial charge in [0.1, 0.15) is 6.61 Å². The van der Waals surface area contributed by atoms with E-state index in [2.05, 4.69) is 6.92 Å². The number of unbranched alkanes of at least 4 members (excludes halogenated alkanes) is 1. The molecule has 170 valence electrons. The normalized spacial score (nSPS) is 14.7. The maximum Gasteiger partial charge on any atom is 0.293 e.